The molecule has 0 saturated carbocycles. The van der Waals surface area contributed by atoms with E-state index in [0.29, 0.717) is 5.69 Å². The zero-order valence-electron chi connectivity index (χ0n) is 11.9. The molecule has 0 fully saturated rings. The van der Waals surface area contributed by atoms with Gasteiger partial charge in [-0.1, -0.05) is 6.07 Å². The van der Waals surface area contributed by atoms with Crippen LogP contribution < -0.4 is 5.69 Å². The van der Waals surface area contributed by atoms with Crippen LogP contribution in [0, 0.1) is 19.7 Å². The summed E-state index contributed by atoms with van der Waals surface area (Å²) >= 11 is 0. The number of halogens is 1. The van der Waals surface area contributed by atoms with Gasteiger partial charge in [-0.3, -0.25) is 4.57 Å². The van der Waals surface area contributed by atoms with Crippen molar-refractivity contribution in [2.75, 3.05) is 0 Å². The predicted octanol–water partition coefficient (Wildman–Crippen LogP) is 3.59. The van der Waals surface area contributed by atoms with Crippen LogP contribution in [0.15, 0.2) is 53.5 Å². The predicted molar refractivity (Wildman–Crippen MR) is 81.3 cm³/mol. The van der Waals surface area contributed by atoms with Crippen LogP contribution in [0.4, 0.5) is 4.39 Å². The Bertz CT molecular complexity index is 824. The molecule has 0 saturated heterocycles. The van der Waals surface area contributed by atoms with E-state index in [1.54, 1.807) is 22.9 Å². The Balaban J connectivity index is 2.09. The number of nitrogens with zero attached hydrogens (tertiary/aromatic N) is 1. The molecule has 3 nitrogen and oxygen atoms in total. The molecule has 3 rings (SSSR count). The molecule has 21 heavy (non-hydrogen) atoms. The fraction of sp³-hybridized carbons (Fsp3) is 0.118. The average molecular weight is 282 g/mol. The summed E-state index contributed by atoms with van der Waals surface area (Å²) in [6.45, 7) is 3.99. The maximum atomic E-state index is 13.0. The second-order valence-electron chi connectivity index (χ2n) is 5.20. The topological polar surface area (TPSA) is 37.8 Å². The molecule has 1 N–H and O–H groups in total. The lowest BCUT2D eigenvalue weighted by Gasteiger charge is -2.04. The number of hydrogen-bond acceptors (Lipinski definition) is 1. The van der Waals surface area contributed by atoms with Crippen LogP contribution in [0.1, 0.15) is 11.1 Å². The number of rotatable bonds is 2. The Morgan fingerprint density at radius 3 is 2.24 bits per heavy atom. The summed E-state index contributed by atoms with van der Waals surface area (Å²) in [5.74, 6) is -0.296. The van der Waals surface area contributed by atoms with Crippen LogP contribution in [-0.2, 0) is 0 Å². The number of aryl methyl sites for hydroxylation is 2. The monoisotopic (exact) mass is 282 g/mol. The number of benzene rings is 2. The van der Waals surface area contributed by atoms with Gasteiger partial charge in [-0.15, -0.1) is 0 Å². The minimum Gasteiger partial charge on any atom is -0.305 e. The fourth-order valence-electron chi connectivity index (χ4n) is 2.45. The van der Waals surface area contributed by atoms with Crippen LogP contribution in [0.5, 0.6) is 0 Å². The summed E-state index contributed by atoms with van der Waals surface area (Å²) in [4.78, 5) is 14.9. The number of nitrogens with one attached hydrogen (secondary N) is 1. The van der Waals surface area contributed by atoms with Crippen molar-refractivity contribution in [2.45, 2.75) is 13.8 Å². The van der Waals surface area contributed by atoms with E-state index < -0.39 is 0 Å². The van der Waals surface area contributed by atoms with Gasteiger partial charge in [-0.2, -0.15) is 0 Å². The van der Waals surface area contributed by atoms with Crippen LogP contribution in [0.2, 0.25) is 0 Å². The largest absolute Gasteiger partial charge is 0.330 e. The molecule has 0 radical (unpaired) electrons. The van der Waals surface area contributed by atoms with E-state index in [1.165, 1.54) is 12.1 Å². The Morgan fingerprint density at radius 2 is 1.62 bits per heavy atom. The minimum atomic E-state index is -0.296. The van der Waals surface area contributed by atoms with Crippen molar-refractivity contribution < 1.29 is 4.39 Å². The molecule has 0 bridgehead atoms. The van der Waals surface area contributed by atoms with Crippen molar-refractivity contribution in [3.05, 3.63) is 76.1 Å². The highest BCUT2D eigenvalue weighted by molar-refractivity contribution is 5.59. The highest BCUT2D eigenvalue weighted by atomic mass is 19.1. The summed E-state index contributed by atoms with van der Waals surface area (Å²) in [7, 11) is 0. The molecule has 0 aliphatic heterocycles. The van der Waals surface area contributed by atoms with Gasteiger partial charge >= 0.3 is 5.69 Å². The molecule has 1 aromatic heterocycles. The zero-order chi connectivity index (χ0) is 15.0. The van der Waals surface area contributed by atoms with Gasteiger partial charge in [0.1, 0.15) is 5.82 Å². The third kappa shape index (κ3) is 2.65. The molecule has 2 aromatic carbocycles. The first kappa shape index (κ1) is 13.4. The maximum Gasteiger partial charge on any atom is 0.330 e. The van der Waals surface area contributed by atoms with Crippen molar-refractivity contribution >= 4 is 0 Å². The van der Waals surface area contributed by atoms with Gasteiger partial charge in [0.15, 0.2) is 0 Å². The second kappa shape index (κ2) is 5.05. The molecular formula is C17H15FN2O. The Labute approximate surface area is 121 Å². The summed E-state index contributed by atoms with van der Waals surface area (Å²) in [5, 5.41) is 0. The molecular weight excluding hydrogens is 267 g/mol. The highest BCUT2D eigenvalue weighted by Crippen LogP contribution is 2.18. The van der Waals surface area contributed by atoms with Gasteiger partial charge in [0.25, 0.3) is 0 Å². The molecule has 106 valence electrons. The zero-order valence-corrected chi connectivity index (χ0v) is 11.9. The van der Waals surface area contributed by atoms with Gasteiger partial charge in [0, 0.05) is 6.20 Å². The van der Waals surface area contributed by atoms with Crippen molar-refractivity contribution in [2.24, 2.45) is 0 Å². The standard InChI is InChI=1S/C17H15FN2O/c1-11-7-12(2)9-15(8-11)20-10-16(19-17(20)21)13-3-5-14(18)6-4-13/h3-10H,1-2H3,(H,19,21). The van der Waals surface area contributed by atoms with Crippen LogP contribution in [0.25, 0.3) is 16.9 Å². The Kier molecular flexibility index (Phi) is 3.22. The van der Waals surface area contributed by atoms with E-state index in [1.807, 2.05) is 26.0 Å². The highest BCUT2D eigenvalue weighted by Gasteiger charge is 2.08. The number of imidazole rings is 1. The van der Waals surface area contributed by atoms with E-state index >= 15 is 0 Å². The normalized spacial score (nSPS) is 10.8. The molecule has 0 spiro atoms. The number of hydrogen-bond donors (Lipinski definition) is 1. The number of aromatic amines is 1. The summed E-state index contributed by atoms with van der Waals surface area (Å²) in [5.41, 5.74) is 4.25. The van der Waals surface area contributed by atoms with E-state index in [0.717, 1.165) is 22.4 Å². The third-order valence-corrected chi connectivity index (χ3v) is 3.36. The molecule has 4 heteroatoms. The summed E-state index contributed by atoms with van der Waals surface area (Å²) in [6, 6.07) is 12.0. The minimum absolute atomic E-state index is 0.209. The SMILES string of the molecule is Cc1cc(C)cc(-n2cc(-c3ccc(F)cc3)[nH]c2=O)c1. The van der Waals surface area contributed by atoms with E-state index in [9.17, 15) is 9.18 Å². The fourth-order valence-corrected chi connectivity index (χ4v) is 2.45. The van der Waals surface area contributed by atoms with Crippen molar-refractivity contribution in [1.29, 1.82) is 0 Å². The average Bonchev–Trinajstić information content (AvgIpc) is 2.80. The lowest BCUT2D eigenvalue weighted by Crippen LogP contribution is -2.14. The van der Waals surface area contributed by atoms with Crippen molar-refractivity contribution in [3.63, 3.8) is 0 Å². The molecule has 0 aliphatic carbocycles. The second-order valence-corrected chi connectivity index (χ2v) is 5.20. The first-order valence-corrected chi connectivity index (χ1v) is 6.69. The maximum absolute atomic E-state index is 13.0. The molecule has 1 heterocycles. The number of aromatic nitrogens is 2. The lowest BCUT2D eigenvalue weighted by molar-refractivity contribution is 0.628. The first-order chi connectivity index (χ1) is 10.0. The smallest absolute Gasteiger partial charge is 0.305 e. The van der Waals surface area contributed by atoms with Gasteiger partial charge in [0.2, 0.25) is 0 Å². The van der Waals surface area contributed by atoms with Crippen molar-refractivity contribution in [3.8, 4) is 16.9 Å². The molecule has 0 aliphatic rings. The quantitative estimate of drug-likeness (QED) is 0.766. The van der Waals surface area contributed by atoms with Gasteiger partial charge < -0.3 is 4.98 Å². The van der Waals surface area contributed by atoms with Gasteiger partial charge in [-0.25, -0.2) is 9.18 Å². The van der Waals surface area contributed by atoms with E-state index in [2.05, 4.69) is 11.1 Å². The molecule has 0 amide bonds. The van der Waals surface area contributed by atoms with E-state index in [-0.39, 0.29) is 11.5 Å². The van der Waals surface area contributed by atoms with E-state index in [4.69, 9.17) is 0 Å². The summed E-state index contributed by atoms with van der Waals surface area (Å²) in [6.07, 6.45) is 1.74. The summed E-state index contributed by atoms with van der Waals surface area (Å²) < 4.78 is 14.5. The number of H-pyrrole nitrogens is 1. The third-order valence-electron chi connectivity index (χ3n) is 3.36. The van der Waals surface area contributed by atoms with Gasteiger partial charge in [0.05, 0.1) is 11.4 Å². The van der Waals surface area contributed by atoms with Crippen LogP contribution in [-0.4, -0.2) is 9.55 Å². The van der Waals surface area contributed by atoms with Crippen LogP contribution >= 0.6 is 0 Å². The molecule has 3 aromatic rings. The van der Waals surface area contributed by atoms with Crippen LogP contribution in [0.3, 0.4) is 0 Å². The Hall–Kier alpha value is -2.62. The molecule has 0 unspecified atom stereocenters. The molecule has 0 atom stereocenters. The Morgan fingerprint density at radius 1 is 1.00 bits per heavy atom. The first-order valence-electron chi connectivity index (χ1n) is 6.69. The van der Waals surface area contributed by atoms with Crippen molar-refractivity contribution in [1.82, 2.24) is 9.55 Å². The van der Waals surface area contributed by atoms with Gasteiger partial charge in [-0.05, 0) is 66.9 Å². The lowest BCUT2D eigenvalue weighted by atomic mass is 10.1.